The molecule has 0 radical (unpaired) electrons. The third-order valence-corrected chi connectivity index (χ3v) is 2.43. The van der Waals surface area contributed by atoms with Gasteiger partial charge in [-0.15, -0.1) is 0 Å². The Morgan fingerprint density at radius 2 is 1.78 bits per heavy atom. The molecule has 0 rings (SSSR count). The number of amides is 1. The fourth-order valence-corrected chi connectivity index (χ4v) is 1.65. The Bertz CT molecular complexity index is 279. The van der Waals surface area contributed by atoms with Gasteiger partial charge in [-0.05, 0) is 11.3 Å². The molecular formula is C14H27NO3. The molecule has 0 aromatic rings. The van der Waals surface area contributed by atoms with Crippen molar-refractivity contribution >= 4 is 11.9 Å². The third-order valence-electron chi connectivity index (χ3n) is 2.43. The van der Waals surface area contributed by atoms with Crippen molar-refractivity contribution in [2.24, 2.45) is 11.3 Å². The van der Waals surface area contributed by atoms with E-state index in [9.17, 15) is 9.59 Å². The van der Waals surface area contributed by atoms with E-state index in [0.717, 1.165) is 0 Å². The van der Waals surface area contributed by atoms with Crippen LogP contribution in [-0.2, 0) is 14.3 Å². The van der Waals surface area contributed by atoms with Gasteiger partial charge in [0.15, 0.2) is 0 Å². The van der Waals surface area contributed by atoms with Gasteiger partial charge in [-0.3, -0.25) is 9.59 Å². The summed E-state index contributed by atoms with van der Waals surface area (Å²) in [5.74, 6) is 0.235. The van der Waals surface area contributed by atoms with E-state index in [1.807, 2.05) is 20.8 Å². The number of nitrogens with zero attached hydrogens (tertiary/aromatic N) is 1. The molecule has 4 heteroatoms. The summed E-state index contributed by atoms with van der Waals surface area (Å²) < 4.78 is 4.61. The van der Waals surface area contributed by atoms with Crippen molar-refractivity contribution in [3.63, 3.8) is 0 Å². The maximum absolute atomic E-state index is 12.2. The summed E-state index contributed by atoms with van der Waals surface area (Å²) in [6.07, 6.45) is 0.764. The summed E-state index contributed by atoms with van der Waals surface area (Å²) >= 11 is 0. The molecule has 1 amide bonds. The van der Waals surface area contributed by atoms with E-state index in [1.54, 1.807) is 4.90 Å². The van der Waals surface area contributed by atoms with Gasteiger partial charge in [-0.2, -0.15) is 0 Å². The lowest BCUT2D eigenvalue weighted by Gasteiger charge is -2.27. The maximum atomic E-state index is 12.2. The van der Waals surface area contributed by atoms with E-state index < -0.39 is 0 Å². The van der Waals surface area contributed by atoms with Gasteiger partial charge in [-0.25, -0.2) is 0 Å². The van der Waals surface area contributed by atoms with Crippen LogP contribution in [0.5, 0.6) is 0 Å². The van der Waals surface area contributed by atoms with Crippen LogP contribution in [0.15, 0.2) is 0 Å². The minimum Gasteiger partial charge on any atom is -0.469 e. The van der Waals surface area contributed by atoms with Crippen molar-refractivity contribution in [3.05, 3.63) is 0 Å². The average molecular weight is 257 g/mol. The largest absolute Gasteiger partial charge is 0.469 e. The first-order valence-corrected chi connectivity index (χ1v) is 6.50. The van der Waals surface area contributed by atoms with Crippen LogP contribution in [-0.4, -0.2) is 37.0 Å². The normalized spacial score (nSPS) is 11.5. The zero-order chi connectivity index (χ0) is 14.3. The highest BCUT2D eigenvalue weighted by Gasteiger charge is 2.22. The molecule has 4 nitrogen and oxygen atoms in total. The molecule has 0 unspecified atom stereocenters. The Hall–Kier alpha value is -1.06. The highest BCUT2D eigenvalue weighted by atomic mass is 16.5. The molecule has 0 aliphatic rings. The number of hydrogen-bond donors (Lipinski definition) is 0. The van der Waals surface area contributed by atoms with Crippen molar-refractivity contribution in [1.82, 2.24) is 4.90 Å². The molecule has 0 heterocycles. The third kappa shape index (κ3) is 8.09. The molecule has 0 atom stereocenters. The maximum Gasteiger partial charge on any atom is 0.307 e. The molecule has 18 heavy (non-hydrogen) atoms. The number of ether oxygens (including phenoxy) is 1. The zero-order valence-electron chi connectivity index (χ0n) is 12.6. The molecule has 106 valence electrons. The Kier molecular flexibility index (Phi) is 6.96. The lowest BCUT2D eigenvalue weighted by atomic mass is 9.91. The quantitative estimate of drug-likeness (QED) is 0.687. The minimum absolute atomic E-state index is 0.0302. The van der Waals surface area contributed by atoms with Crippen LogP contribution < -0.4 is 0 Å². The number of esters is 1. The number of methoxy groups -OCH3 is 1. The molecule has 0 spiro atoms. The smallest absolute Gasteiger partial charge is 0.307 e. The van der Waals surface area contributed by atoms with Gasteiger partial charge in [0, 0.05) is 19.5 Å². The Morgan fingerprint density at radius 3 is 2.17 bits per heavy atom. The van der Waals surface area contributed by atoms with Gasteiger partial charge in [0.05, 0.1) is 13.5 Å². The topological polar surface area (TPSA) is 46.6 Å². The predicted octanol–water partition coefficient (Wildman–Crippen LogP) is 2.47. The Balaban J connectivity index is 4.47. The average Bonchev–Trinajstić information content (AvgIpc) is 2.20. The van der Waals surface area contributed by atoms with Crippen LogP contribution in [0.4, 0.5) is 0 Å². The first-order valence-electron chi connectivity index (χ1n) is 6.50. The molecule has 0 N–H and O–H groups in total. The van der Waals surface area contributed by atoms with Crippen molar-refractivity contribution in [1.29, 1.82) is 0 Å². The van der Waals surface area contributed by atoms with E-state index in [2.05, 4.69) is 18.6 Å². The first-order chi connectivity index (χ1) is 8.15. The number of carbonyl (C=O) groups is 2. The molecule has 0 aromatic heterocycles. The van der Waals surface area contributed by atoms with Crippen LogP contribution in [0.1, 0.15) is 47.5 Å². The second-order valence-electron chi connectivity index (χ2n) is 6.30. The highest BCUT2D eigenvalue weighted by molar-refractivity contribution is 5.77. The molecule has 0 aliphatic carbocycles. The van der Waals surface area contributed by atoms with Gasteiger partial charge in [0.2, 0.25) is 5.91 Å². The van der Waals surface area contributed by atoms with Crippen LogP contribution in [0.2, 0.25) is 0 Å². The lowest BCUT2D eigenvalue weighted by Crippen LogP contribution is -2.37. The molecule has 0 saturated heterocycles. The summed E-state index contributed by atoms with van der Waals surface area (Å²) in [5.41, 5.74) is -0.0302. The van der Waals surface area contributed by atoms with Crippen LogP contribution in [0.25, 0.3) is 0 Å². The molecule has 0 fully saturated rings. The van der Waals surface area contributed by atoms with E-state index in [4.69, 9.17) is 0 Å². The van der Waals surface area contributed by atoms with Gasteiger partial charge >= 0.3 is 5.97 Å². The predicted molar refractivity (Wildman–Crippen MR) is 72.1 cm³/mol. The molecular weight excluding hydrogens is 230 g/mol. The van der Waals surface area contributed by atoms with Gasteiger partial charge in [0.25, 0.3) is 0 Å². The monoisotopic (exact) mass is 257 g/mol. The second kappa shape index (κ2) is 7.39. The Labute approximate surface area is 111 Å². The van der Waals surface area contributed by atoms with E-state index in [0.29, 0.717) is 25.4 Å². The lowest BCUT2D eigenvalue weighted by molar-refractivity contribution is -0.142. The van der Waals surface area contributed by atoms with E-state index >= 15 is 0 Å². The Morgan fingerprint density at radius 1 is 1.22 bits per heavy atom. The summed E-state index contributed by atoms with van der Waals surface area (Å²) in [4.78, 5) is 25.1. The van der Waals surface area contributed by atoms with Crippen molar-refractivity contribution in [2.75, 3.05) is 20.2 Å². The molecule has 0 aliphatic heterocycles. The van der Waals surface area contributed by atoms with E-state index in [1.165, 1.54) is 7.11 Å². The summed E-state index contributed by atoms with van der Waals surface area (Å²) in [6.45, 7) is 11.4. The number of carbonyl (C=O) groups excluding carboxylic acids is 2. The fourth-order valence-electron chi connectivity index (χ4n) is 1.65. The summed E-state index contributed by atoms with van der Waals surface area (Å²) in [7, 11) is 1.37. The molecule has 0 saturated carbocycles. The number of hydrogen-bond acceptors (Lipinski definition) is 3. The van der Waals surface area contributed by atoms with Gasteiger partial charge < -0.3 is 9.64 Å². The second-order valence-corrected chi connectivity index (χ2v) is 6.30. The van der Waals surface area contributed by atoms with Crippen molar-refractivity contribution < 1.29 is 14.3 Å². The molecule has 0 aromatic carbocycles. The van der Waals surface area contributed by atoms with Gasteiger partial charge in [0.1, 0.15) is 0 Å². The van der Waals surface area contributed by atoms with Crippen molar-refractivity contribution in [3.8, 4) is 0 Å². The SMILES string of the molecule is COC(=O)CCN(CC(C)C)C(=O)CC(C)(C)C. The van der Waals surface area contributed by atoms with Crippen LogP contribution >= 0.6 is 0 Å². The number of rotatable bonds is 6. The summed E-state index contributed by atoms with van der Waals surface area (Å²) in [6, 6.07) is 0. The first kappa shape index (κ1) is 16.9. The van der Waals surface area contributed by atoms with Crippen LogP contribution in [0, 0.1) is 11.3 Å². The highest BCUT2D eigenvalue weighted by Crippen LogP contribution is 2.20. The van der Waals surface area contributed by atoms with E-state index in [-0.39, 0.29) is 23.7 Å². The fraction of sp³-hybridized carbons (Fsp3) is 0.857. The standard InChI is InChI=1S/C14H27NO3/c1-11(2)10-15(8-7-13(17)18-6)12(16)9-14(3,4)5/h11H,7-10H2,1-6H3. The molecule has 0 bridgehead atoms. The van der Waals surface area contributed by atoms with Gasteiger partial charge in [-0.1, -0.05) is 34.6 Å². The van der Waals surface area contributed by atoms with Crippen LogP contribution in [0.3, 0.4) is 0 Å². The van der Waals surface area contributed by atoms with Crippen molar-refractivity contribution in [2.45, 2.75) is 47.5 Å². The minimum atomic E-state index is -0.271. The zero-order valence-corrected chi connectivity index (χ0v) is 12.6. The summed E-state index contributed by atoms with van der Waals surface area (Å²) in [5, 5.41) is 0.